The summed E-state index contributed by atoms with van der Waals surface area (Å²) in [6.07, 6.45) is 18.1. The van der Waals surface area contributed by atoms with Gasteiger partial charge >= 0.3 is 117 Å². The summed E-state index contributed by atoms with van der Waals surface area (Å²) in [6.45, 7) is 9.44. The normalized spacial score (nSPS) is 11.6. The zero-order valence-electron chi connectivity index (χ0n) is 19.7. The molecule has 0 saturated carbocycles. The van der Waals surface area contributed by atoms with Crippen molar-refractivity contribution < 1.29 is 14.6 Å². The molecule has 6 heteroatoms. The Labute approximate surface area is 195 Å². The van der Waals surface area contributed by atoms with E-state index in [1.807, 2.05) is 0 Å². The number of unbranched alkanes of at least 4 members (excludes halogenated alkanes) is 4. The molecule has 0 aliphatic carbocycles. The molecular weight excluding hydrogens is 438 g/mol. The largest absolute Gasteiger partial charge is 0.494 e. The Bertz CT molecular complexity index is 571. The van der Waals surface area contributed by atoms with Gasteiger partial charge in [0.05, 0.1) is 17.2 Å². The number of halogens is 2. The monoisotopic (exact) mass is 480 g/mol. The van der Waals surface area contributed by atoms with Crippen molar-refractivity contribution in [1.82, 2.24) is 0 Å². The summed E-state index contributed by atoms with van der Waals surface area (Å²) in [7, 11) is 0.458. The molecule has 176 valence electrons. The Kier molecular flexibility index (Phi) is 16.8. The zero-order chi connectivity index (χ0) is 23.0. The van der Waals surface area contributed by atoms with Crippen LogP contribution in [0.4, 0.5) is 0 Å². The first-order valence-electron chi connectivity index (χ1n) is 11.6. The Morgan fingerprint density at radius 3 is 1.47 bits per heavy atom. The average molecular weight is 481 g/mol. The van der Waals surface area contributed by atoms with Crippen LogP contribution >= 0.6 is 30.5 Å². The van der Waals surface area contributed by atoms with Gasteiger partial charge in [0.25, 0.3) is 0 Å². The van der Waals surface area contributed by atoms with E-state index in [0.29, 0.717) is 0 Å². The summed E-state index contributed by atoms with van der Waals surface area (Å²) in [5, 5.41) is 9.11. The second-order valence-corrected chi connectivity index (χ2v) is 14.0. The second kappa shape index (κ2) is 17.1. The van der Waals surface area contributed by atoms with Crippen LogP contribution in [0.5, 0.6) is 5.75 Å². The summed E-state index contributed by atoms with van der Waals surface area (Å²) in [5.41, 5.74) is -0.114. The minimum absolute atomic E-state index is 0.0849. The molecule has 0 aliphatic heterocycles. The molecule has 0 aliphatic rings. The zero-order valence-corrected chi connectivity index (χ0v) is 22.2. The van der Waals surface area contributed by atoms with E-state index >= 15 is 0 Å². The molecule has 3 nitrogen and oxygen atoms in total. The fourth-order valence-corrected chi connectivity index (χ4v) is 10.3. The SMILES string of the molecule is CCCC[PH](CCCC)(CCCC)CCCC.COc1c(Cl)ccc(Cl)c1C(=O)O. The maximum atomic E-state index is 10.7. The molecule has 0 heterocycles. The van der Waals surface area contributed by atoms with Gasteiger partial charge < -0.3 is 9.84 Å². The molecule has 1 aromatic carbocycles. The van der Waals surface area contributed by atoms with E-state index < -0.39 is 13.2 Å². The van der Waals surface area contributed by atoms with Gasteiger partial charge in [-0.2, -0.15) is 0 Å². The van der Waals surface area contributed by atoms with Crippen LogP contribution in [0.25, 0.3) is 0 Å². The van der Waals surface area contributed by atoms with Crippen molar-refractivity contribution in [3.05, 3.63) is 27.7 Å². The van der Waals surface area contributed by atoms with Crippen molar-refractivity contribution in [3.63, 3.8) is 0 Å². The first-order valence-corrected chi connectivity index (χ1v) is 15.2. The van der Waals surface area contributed by atoms with Crippen molar-refractivity contribution in [2.45, 2.75) is 79.1 Å². The number of benzene rings is 1. The molecule has 1 N–H and O–H groups in total. The maximum absolute atomic E-state index is 10.7. The van der Waals surface area contributed by atoms with Crippen LogP contribution in [0.2, 0.25) is 10.0 Å². The maximum Gasteiger partial charge on any atom is 0.341 e. The Morgan fingerprint density at radius 1 is 0.833 bits per heavy atom. The van der Waals surface area contributed by atoms with Gasteiger partial charge in [-0.05, 0) is 12.1 Å². The number of carboxylic acid groups (broad SMARTS) is 1. The first-order chi connectivity index (χ1) is 14.3. The van der Waals surface area contributed by atoms with Crippen LogP contribution in [0, 0.1) is 0 Å². The third kappa shape index (κ3) is 10.7. The first kappa shape index (κ1) is 29.5. The van der Waals surface area contributed by atoms with Crippen LogP contribution < -0.4 is 4.74 Å². The minimum atomic E-state index is -1.16. The number of methoxy groups -OCH3 is 1. The van der Waals surface area contributed by atoms with E-state index in [2.05, 4.69) is 27.7 Å². The number of carboxylic acids is 1. The number of rotatable bonds is 14. The Balaban J connectivity index is 0.000000579. The number of ether oxygens (including phenoxy) is 1. The van der Waals surface area contributed by atoms with E-state index in [1.54, 1.807) is 24.6 Å². The fourth-order valence-electron chi connectivity index (χ4n) is 3.89. The van der Waals surface area contributed by atoms with Gasteiger partial charge in [0.2, 0.25) is 0 Å². The van der Waals surface area contributed by atoms with Crippen molar-refractivity contribution in [3.8, 4) is 5.75 Å². The van der Waals surface area contributed by atoms with E-state index in [9.17, 15) is 4.79 Å². The third-order valence-corrected chi connectivity index (χ3v) is 12.0. The molecule has 0 radical (unpaired) electrons. The Hall–Kier alpha value is -0.500. The molecular formula is C24H43Cl2O3P. The van der Waals surface area contributed by atoms with Crippen LogP contribution in [0.1, 0.15) is 89.4 Å². The topological polar surface area (TPSA) is 46.5 Å². The standard InChI is InChI=1S/C16H37P.C8H6Cl2O3/c1-5-9-13-17(14-10-6-2,15-11-7-3)16-12-8-4;1-13-7-5(10)3-2-4(9)6(7)8(11)12/h17H,5-16H2,1-4H3;2-3H,1H3,(H,11,12). The van der Waals surface area contributed by atoms with E-state index in [-0.39, 0.29) is 21.4 Å². The van der Waals surface area contributed by atoms with Gasteiger partial charge in [0.15, 0.2) is 5.75 Å². The molecule has 0 saturated heterocycles. The quantitative estimate of drug-likeness (QED) is 0.271. The van der Waals surface area contributed by atoms with E-state index in [4.69, 9.17) is 33.0 Å². The summed E-state index contributed by atoms with van der Waals surface area (Å²) in [6, 6.07) is 2.89. The molecule has 0 bridgehead atoms. The van der Waals surface area contributed by atoms with Gasteiger partial charge in [0.1, 0.15) is 5.56 Å². The van der Waals surface area contributed by atoms with Gasteiger partial charge in [-0.1, -0.05) is 23.2 Å². The Morgan fingerprint density at radius 2 is 1.20 bits per heavy atom. The van der Waals surface area contributed by atoms with Crippen molar-refractivity contribution in [1.29, 1.82) is 0 Å². The summed E-state index contributed by atoms with van der Waals surface area (Å²) in [5.74, 6) is -1.08. The van der Waals surface area contributed by atoms with Gasteiger partial charge in [0, 0.05) is 0 Å². The molecule has 1 rings (SSSR count). The van der Waals surface area contributed by atoms with E-state index in [1.165, 1.54) is 70.6 Å². The predicted molar refractivity (Wildman–Crippen MR) is 137 cm³/mol. The second-order valence-electron chi connectivity index (χ2n) is 8.16. The van der Waals surface area contributed by atoms with Crippen molar-refractivity contribution in [2.24, 2.45) is 0 Å². The van der Waals surface area contributed by atoms with Gasteiger partial charge in [-0.25, -0.2) is 4.79 Å². The summed E-state index contributed by atoms with van der Waals surface area (Å²) >= 11 is 11.4. The predicted octanol–water partition coefficient (Wildman–Crippen LogP) is 8.64. The fraction of sp³-hybridized carbons (Fsp3) is 0.708. The molecule has 0 aromatic heterocycles. The molecule has 0 amide bonds. The number of hydrogen-bond acceptors (Lipinski definition) is 2. The van der Waals surface area contributed by atoms with Crippen LogP contribution in [0.3, 0.4) is 0 Å². The number of aromatic carboxylic acids is 1. The number of carbonyl (C=O) groups is 1. The molecule has 0 fully saturated rings. The molecule has 30 heavy (non-hydrogen) atoms. The van der Waals surface area contributed by atoms with E-state index in [0.717, 1.165) is 0 Å². The van der Waals surface area contributed by atoms with Gasteiger partial charge in [-0.3, -0.25) is 0 Å². The minimum Gasteiger partial charge on any atom is -0.494 e. The molecule has 1 aromatic rings. The van der Waals surface area contributed by atoms with Crippen LogP contribution in [-0.4, -0.2) is 42.8 Å². The van der Waals surface area contributed by atoms with Gasteiger partial charge in [-0.15, -0.1) is 0 Å². The third-order valence-electron chi connectivity index (χ3n) is 5.72. The molecule has 0 atom stereocenters. The van der Waals surface area contributed by atoms with Crippen LogP contribution in [-0.2, 0) is 0 Å². The molecule has 0 spiro atoms. The number of hydrogen-bond donors (Lipinski definition) is 1. The molecule has 0 unspecified atom stereocenters. The van der Waals surface area contributed by atoms with Crippen molar-refractivity contribution >= 4 is 36.4 Å². The average Bonchev–Trinajstić information content (AvgIpc) is 2.74. The van der Waals surface area contributed by atoms with Crippen LogP contribution in [0.15, 0.2) is 12.1 Å². The van der Waals surface area contributed by atoms with Crippen molar-refractivity contribution in [2.75, 3.05) is 31.8 Å². The summed E-state index contributed by atoms with van der Waals surface area (Å²) < 4.78 is 4.82. The smallest absolute Gasteiger partial charge is 0.341 e. The summed E-state index contributed by atoms with van der Waals surface area (Å²) in [4.78, 5) is 10.7.